The molecule has 0 spiro atoms. The van der Waals surface area contributed by atoms with Crippen LogP contribution in [0.1, 0.15) is 24.8 Å². The first-order valence-corrected chi connectivity index (χ1v) is 7.40. The molecular formula is C16H26N2O2. The molecule has 0 radical (unpaired) electrons. The highest BCUT2D eigenvalue weighted by atomic mass is 16.5. The highest BCUT2D eigenvalue weighted by Crippen LogP contribution is 2.27. The van der Waals surface area contributed by atoms with Crippen molar-refractivity contribution in [3.63, 3.8) is 0 Å². The Bertz CT molecular complexity index is 421. The van der Waals surface area contributed by atoms with Gasteiger partial charge in [-0.1, -0.05) is 0 Å². The zero-order chi connectivity index (χ0) is 14.4. The summed E-state index contributed by atoms with van der Waals surface area (Å²) >= 11 is 0. The molecule has 1 saturated heterocycles. The number of ether oxygens (including phenoxy) is 2. The number of hydrogen-bond acceptors (Lipinski definition) is 4. The minimum Gasteiger partial charge on any atom is -0.497 e. The van der Waals surface area contributed by atoms with Gasteiger partial charge in [0, 0.05) is 18.7 Å². The highest BCUT2D eigenvalue weighted by molar-refractivity contribution is 5.40. The zero-order valence-corrected chi connectivity index (χ0v) is 12.6. The molecule has 2 N–H and O–H groups in total. The maximum atomic E-state index is 5.69. The van der Waals surface area contributed by atoms with E-state index in [0.29, 0.717) is 0 Å². The molecule has 0 aliphatic carbocycles. The summed E-state index contributed by atoms with van der Waals surface area (Å²) in [6.45, 7) is 4.00. The van der Waals surface area contributed by atoms with Gasteiger partial charge in [-0.2, -0.15) is 0 Å². The molecule has 4 heteroatoms. The Kier molecular flexibility index (Phi) is 5.68. The number of methoxy groups -OCH3 is 2. The molecule has 1 aliphatic heterocycles. The number of piperidine rings is 1. The first-order valence-electron chi connectivity index (χ1n) is 7.40. The van der Waals surface area contributed by atoms with E-state index in [1.807, 2.05) is 12.1 Å². The minimum atomic E-state index is 0.741. The third kappa shape index (κ3) is 3.87. The molecule has 1 aromatic carbocycles. The highest BCUT2D eigenvalue weighted by Gasteiger charge is 2.20. The molecule has 1 aliphatic rings. The molecule has 0 bridgehead atoms. The van der Waals surface area contributed by atoms with Crippen LogP contribution in [-0.2, 0) is 6.54 Å². The molecule has 20 heavy (non-hydrogen) atoms. The summed E-state index contributed by atoms with van der Waals surface area (Å²) < 4.78 is 10.8. The summed E-state index contributed by atoms with van der Waals surface area (Å²) in [6, 6.07) is 6.00. The van der Waals surface area contributed by atoms with Gasteiger partial charge in [0.15, 0.2) is 0 Å². The third-order valence-corrected chi connectivity index (χ3v) is 4.06. The van der Waals surface area contributed by atoms with Crippen LogP contribution in [0.25, 0.3) is 0 Å². The van der Waals surface area contributed by atoms with Crippen molar-refractivity contribution in [3.05, 3.63) is 23.8 Å². The van der Waals surface area contributed by atoms with Gasteiger partial charge in [-0.25, -0.2) is 0 Å². The summed E-state index contributed by atoms with van der Waals surface area (Å²) in [5, 5.41) is 0. The van der Waals surface area contributed by atoms with Crippen molar-refractivity contribution in [2.24, 2.45) is 11.7 Å². The zero-order valence-electron chi connectivity index (χ0n) is 12.6. The van der Waals surface area contributed by atoms with E-state index in [-0.39, 0.29) is 0 Å². The molecular weight excluding hydrogens is 252 g/mol. The van der Waals surface area contributed by atoms with E-state index in [1.54, 1.807) is 14.2 Å². The van der Waals surface area contributed by atoms with Crippen molar-refractivity contribution in [1.29, 1.82) is 0 Å². The molecule has 1 heterocycles. The normalized spacial score (nSPS) is 19.9. The van der Waals surface area contributed by atoms with Gasteiger partial charge in [-0.05, 0) is 56.5 Å². The Hall–Kier alpha value is -1.26. The lowest BCUT2D eigenvalue weighted by Crippen LogP contribution is -2.35. The van der Waals surface area contributed by atoms with Crippen LogP contribution in [0.15, 0.2) is 18.2 Å². The number of likely N-dealkylation sites (tertiary alicyclic amines) is 1. The number of benzene rings is 1. The van der Waals surface area contributed by atoms with E-state index >= 15 is 0 Å². The second-order valence-corrected chi connectivity index (χ2v) is 5.50. The largest absolute Gasteiger partial charge is 0.497 e. The molecule has 0 saturated carbocycles. The number of hydrogen-bond donors (Lipinski definition) is 1. The van der Waals surface area contributed by atoms with E-state index < -0.39 is 0 Å². The van der Waals surface area contributed by atoms with Crippen molar-refractivity contribution in [2.45, 2.75) is 25.8 Å². The smallest absolute Gasteiger partial charge is 0.123 e. The van der Waals surface area contributed by atoms with E-state index in [0.717, 1.165) is 50.0 Å². The second-order valence-electron chi connectivity index (χ2n) is 5.50. The Balaban J connectivity index is 2.04. The standard InChI is InChI=1S/C16H26N2O2/c1-19-15-5-6-16(20-2)14(10-15)12-18-9-3-4-13(11-18)7-8-17/h5-6,10,13H,3-4,7-9,11-12,17H2,1-2H3. The Morgan fingerprint density at radius 3 is 2.85 bits per heavy atom. The van der Waals surface area contributed by atoms with Crippen LogP contribution in [0.3, 0.4) is 0 Å². The van der Waals surface area contributed by atoms with Crippen molar-refractivity contribution in [1.82, 2.24) is 4.90 Å². The van der Waals surface area contributed by atoms with Gasteiger partial charge < -0.3 is 15.2 Å². The van der Waals surface area contributed by atoms with Gasteiger partial charge in [0.25, 0.3) is 0 Å². The fourth-order valence-corrected chi connectivity index (χ4v) is 3.01. The molecule has 112 valence electrons. The van der Waals surface area contributed by atoms with E-state index in [9.17, 15) is 0 Å². The molecule has 0 amide bonds. The third-order valence-electron chi connectivity index (χ3n) is 4.06. The average Bonchev–Trinajstić information content (AvgIpc) is 2.48. The van der Waals surface area contributed by atoms with Crippen molar-refractivity contribution >= 4 is 0 Å². The molecule has 4 nitrogen and oxygen atoms in total. The predicted octanol–water partition coefficient (Wildman–Crippen LogP) is 2.26. The van der Waals surface area contributed by atoms with Crippen LogP contribution < -0.4 is 15.2 Å². The number of rotatable bonds is 6. The van der Waals surface area contributed by atoms with Crippen molar-refractivity contribution in [3.8, 4) is 11.5 Å². The van der Waals surface area contributed by atoms with Gasteiger partial charge >= 0.3 is 0 Å². The Labute approximate surface area is 121 Å². The summed E-state index contributed by atoms with van der Waals surface area (Å²) in [7, 11) is 3.42. The van der Waals surface area contributed by atoms with Crippen molar-refractivity contribution in [2.75, 3.05) is 33.9 Å². The van der Waals surface area contributed by atoms with Crippen LogP contribution in [-0.4, -0.2) is 38.8 Å². The van der Waals surface area contributed by atoms with Crippen molar-refractivity contribution < 1.29 is 9.47 Å². The summed E-state index contributed by atoms with van der Waals surface area (Å²) in [5.41, 5.74) is 6.88. The van der Waals surface area contributed by atoms with Gasteiger partial charge in [0.1, 0.15) is 11.5 Å². The average molecular weight is 278 g/mol. The fourth-order valence-electron chi connectivity index (χ4n) is 3.01. The summed E-state index contributed by atoms with van der Waals surface area (Å²) in [5.74, 6) is 2.56. The van der Waals surface area contributed by atoms with E-state index in [4.69, 9.17) is 15.2 Å². The van der Waals surface area contributed by atoms with Gasteiger partial charge in [-0.15, -0.1) is 0 Å². The first kappa shape index (κ1) is 15.1. The van der Waals surface area contributed by atoms with Crippen LogP contribution in [0.4, 0.5) is 0 Å². The topological polar surface area (TPSA) is 47.7 Å². The van der Waals surface area contributed by atoms with Crippen LogP contribution in [0.5, 0.6) is 11.5 Å². The molecule has 1 unspecified atom stereocenters. The monoisotopic (exact) mass is 278 g/mol. The van der Waals surface area contributed by atoms with Gasteiger partial charge in [0.05, 0.1) is 14.2 Å². The molecule has 1 atom stereocenters. The molecule has 1 fully saturated rings. The SMILES string of the molecule is COc1ccc(OC)c(CN2CCCC(CCN)C2)c1. The lowest BCUT2D eigenvalue weighted by Gasteiger charge is -2.33. The second kappa shape index (κ2) is 7.50. The minimum absolute atomic E-state index is 0.741. The maximum absolute atomic E-state index is 5.69. The number of nitrogens with zero attached hydrogens (tertiary/aromatic N) is 1. The molecule has 0 aromatic heterocycles. The number of nitrogens with two attached hydrogens (primary N) is 1. The lowest BCUT2D eigenvalue weighted by atomic mass is 9.94. The molecule has 1 aromatic rings. The molecule has 2 rings (SSSR count). The van der Waals surface area contributed by atoms with Crippen LogP contribution in [0.2, 0.25) is 0 Å². The summed E-state index contributed by atoms with van der Waals surface area (Å²) in [6.07, 6.45) is 3.70. The predicted molar refractivity (Wildman–Crippen MR) is 81.2 cm³/mol. The fraction of sp³-hybridized carbons (Fsp3) is 0.625. The lowest BCUT2D eigenvalue weighted by molar-refractivity contribution is 0.161. The van der Waals surface area contributed by atoms with E-state index in [2.05, 4.69) is 11.0 Å². The summed E-state index contributed by atoms with van der Waals surface area (Å²) in [4.78, 5) is 2.50. The van der Waals surface area contributed by atoms with E-state index in [1.165, 1.54) is 18.4 Å². The Morgan fingerprint density at radius 2 is 2.15 bits per heavy atom. The Morgan fingerprint density at radius 1 is 1.30 bits per heavy atom. The van der Waals surface area contributed by atoms with Crippen LogP contribution in [0, 0.1) is 5.92 Å². The quantitative estimate of drug-likeness (QED) is 0.867. The van der Waals surface area contributed by atoms with Gasteiger partial charge in [-0.3, -0.25) is 4.90 Å². The first-order chi connectivity index (χ1) is 9.76. The van der Waals surface area contributed by atoms with Crippen LogP contribution >= 0.6 is 0 Å². The maximum Gasteiger partial charge on any atom is 0.123 e. The van der Waals surface area contributed by atoms with Gasteiger partial charge in [0.2, 0.25) is 0 Å².